The molecular weight excluding hydrogens is 451 g/mol. The van der Waals surface area contributed by atoms with Gasteiger partial charge in [0, 0.05) is 12.6 Å². The summed E-state index contributed by atoms with van der Waals surface area (Å²) in [6.45, 7) is 5.80. The number of carbonyl (C=O) groups is 2. The lowest BCUT2D eigenvalue weighted by Crippen LogP contribution is -2.51. The van der Waals surface area contributed by atoms with Crippen LogP contribution in [0.15, 0.2) is 42.5 Å². The molecule has 0 aliphatic rings. The average molecular weight is 481 g/mol. The van der Waals surface area contributed by atoms with Crippen molar-refractivity contribution in [2.75, 3.05) is 13.7 Å². The van der Waals surface area contributed by atoms with Gasteiger partial charge < -0.3 is 19.7 Å². The third-order valence-electron chi connectivity index (χ3n) is 5.15. The van der Waals surface area contributed by atoms with Gasteiger partial charge in [-0.15, -0.1) is 0 Å². The van der Waals surface area contributed by atoms with Crippen LogP contribution in [0.2, 0.25) is 10.0 Å². The number of halogens is 2. The summed E-state index contributed by atoms with van der Waals surface area (Å²) in [6, 6.07) is 11.5. The predicted octanol–water partition coefficient (Wildman–Crippen LogP) is 5.10. The van der Waals surface area contributed by atoms with Crippen LogP contribution in [0.5, 0.6) is 11.5 Å². The summed E-state index contributed by atoms with van der Waals surface area (Å²) in [5.41, 5.74) is 0.770. The normalized spacial score (nSPS) is 12.6. The Kier molecular flexibility index (Phi) is 10.1. The molecule has 2 aromatic carbocycles. The zero-order valence-corrected chi connectivity index (χ0v) is 20.4. The van der Waals surface area contributed by atoms with Crippen LogP contribution in [0, 0.1) is 0 Å². The van der Waals surface area contributed by atoms with E-state index in [4.69, 9.17) is 32.7 Å². The van der Waals surface area contributed by atoms with Crippen molar-refractivity contribution in [3.05, 3.63) is 58.1 Å². The maximum absolute atomic E-state index is 13.2. The molecule has 0 saturated heterocycles. The van der Waals surface area contributed by atoms with Gasteiger partial charge in [-0.25, -0.2) is 0 Å². The minimum absolute atomic E-state index is 0.00836. The number of hydrogen-bond donors (Lipinski definition) is 1. The summed E-state index contributed by atoms with van der Waals surface area (Å²) in [6.07, 6.45) is 1.25. The lowest BCUT2D eigenvalue weighted by Gasteiger charge is -2.31. The zero-order valence-electron chi connectivity index (χ0n) is 18.9. The minimum Gasteiger partial charge on any atom is -0.497 e. The topological polar surface area (TPSA) is 67.9 Å². The van der Waals surface area contributed by atoms with Gasteiger partial charge in [0.1, 0.15) is 17.5 Å². The number of nitrogens with zero attached hydrogens (tertiary/aromatic N) is 1. The van der Waals surface area contributed by atoms with E-state index in [-0.39, 0.29) is 31.0 Å². The monoisotopic (exact) mass is 480 g/mol. The van der Waals surface area contributed by atoms with E-state index in [0.29, 0.717) is 28.0 Å². The van der Waals surface area contributed by atoms with Crippen LogP contribution in [0.3, 0.4) is 0 Å². The molecule has 0 aliphatic carbocycles. The van der Waals surface area contributed by atoms with Gasteiger partial charge in [-0.2, -0.15) is 0 Å². The first-order valence-corrected chi connectivity index (χ1v) is 11.3. The molecule has 0 radical (unpaired) electrons. The van der Waals surface area contributed by atoms with Gasteiger partial charge in [0.25, 0.3) is 5.91 Å². The highest BCUT2D eigenvalue weighted by molar-refractivity contribution is 6.42. The van der Waals surface area contributed by atoms with Crippen molar-refractivity contribution >= 4 is 35.0 Å². The maximum Gasteiger partial charge on any atom is 0.261 e. The molecule has 8 heteroatoms. The van der Waals surface area contributed by atoms with Gasteiger partial charge in [-0.05, 0) is 61.7 Å². The van der Waals surface area contributed by atoms with Gasteiger partial charge >= 0.3 is 0 Å². The highest BCUT2D eigenvalue weighted by Crippen LogP contribution is 2.24. The van der Waals surface area contributed by atoms with Crippen molar-refractivity contribution in [3.63, 3.8) is 0 Å². The first-order chi connectivity index (χ1) is 15.3. The Hall–Kier alpha value is -2.44. The van der Waals surface area contributed by atoms with E-state index >= 15 is 0 Å². The second-order valence-corrected chi connectivity index (χ2v) is 8.29. The number of carbonyl (C=O) groups excluding carboxylic acids is 2. The Morgan fingerprint density at radius 1 is 1.00 bits per heavy atom. The quantitative estimate of drug-likeness (QED) is 0.485. The molecule has 2 unspecified atom stereocenters. The molecule has 0 saturated carbocycles. The summed E-state index contributed by atoms with van der Waals surface area (Å²) in [5.74, 6) is 0.723. The van der Waals surface area contributed by atoms with E-state index in [1.807, 2.05) is 20.8 Å². The van der Waals surface area contributed by atoms with E-state index in [9.17, 15) is 9.59 Å². The molecule has 0 spiro atoms. The molecule has 32 heavy (non-hydrogen) atoms. The molecule has 2 rings (SSSR count). The lowest BCUT2D eigenvalue weighted by molar-refractivity contribution is -0.143. The average Bonchev–Trinajstić information content (AvgIpc) is 2.79. The van der Waals surface area contributed by atoms with Crippen molar-refractivity contribution in [3.8, 4) is 11.5 Å². The Bertz CT molecular complexity index is 905. The molecule has 0 aromatic heterocycles. The Balaban J connectivity index is 2.22. The van der Waals surface area contributed by atoms with Crippen LogP contribution in [0.25, 0.3) is 0 Å². The maximum atomic E-state index is 13.2. The van der Waals surface area contributed by atoms with Gasteiger partial charge in [0.2, 0.25) is 5.91 Å². The number of rotatable bonds is 11. The molecule has 0 aliphatic heterocycles. The van der Waals surface area contributed by atoms with Gasteiger partial charge in [0.05, 0.1) is 17.2 Å². The molecule has 0 heterocycles. The predicted molar refractivity (Wildman–Crippen MR) is 127 cm³/mol. The first-order valence-electron chi connectivity index (χ1n) is 10.6. The highest BCUT2D eigenvalue weighted by atomic mass is 35.5. The lowest BCUT2D eigenvalue weighted by atomic mass is 10.1. The minimum atomic E-state index is -0.648. The van der Waals surface area contributed by atoms with Crippen molar-refractivity contribution in [2.24, 2.45) is 0 Å². The van der Waals surface area contributed by atoms with E-state index in [1.165, 1.54) is 4.90 Å². The molecule has 2 atom stereocenters. The second-order valence-electron chi connectivity index (χ2n) is 7.48. The highest BCUT2D eigenvalue weighted by Gasteiger charge is 2.29. The number of benzene rings is 2. The number of ether oxygens (including phenoxy) is 2. The zero-order chi connectivity index (χ0) is 23.7. The molecular formula is C24H30Cl2N2O4. The third-order valence-corrected chi connectivity index (χ3v) is 5.88. The van der Waals surface area contributed by atoms with Crippen LogP contribution in [0.4, 0.5) is 0 Å². The Morgan fingerprint density at radius 2 is 1.66 bits per heavy atom. The van der Waals surface area contributed by atoms with Crippen LogP contribution in [-0.2, 0) is 16.1 Å². The van der Waals surface area contributed by atoms with Crippen LogP contribution in [-0.4, -0.2) is 42.5 Å². The summed E-state index contributed by atoms with van der Waals surface area (Å²) in [5, 5.41) is 3.79. The molecule has 2 aromatic rings. The first kappa shape index (κ1) is 25.8. The summed E-state index contributed by atoms with van der Waals surface area (Å²) < 4.78 is 10.8. The summed E-state index contributed by atoms with van der Waals surface area (Å²) >= 11 is 12.2. The van der Waals surface area contributed by atoms with Crippen molar-refractivity contribution < 1.29 is 19.1 Å². The van der Waals surface area contributed by atoms with Gasteiger partial charge in [-0.3, -0.25) is 9.59 Å². The fourth-order valence-electron chi connectivity index (χ4n) is 3.10. The molecule has 0 bridgehead atoms. The van der Waals surface area contributed by atoms with Crippen molar-refractivity contribution in [1.29, 1.82) is 0 Å². The van der Waals surface area contributed by atoms with Crippen LogP contribution in [0.1, 0.15) is 39.2 Å². The molecule has 174 valence electrons. The number of nitrogens with one attached hydrogen (secondary N) is 1. The number of amides is 2. The Morgan fingerprint density at radius 3 is 2.22 bits per heavy atom. The van der Waals surface area contributed by atoms with E-state index in [1.54, 1.807) is 49.6 Å². The van der Waals surface area contributed by atoms with E-state index in [2.05, 4.69) is 5.32 Å². The fraction of sp³-hybridized carbons (Fsp3) is 0.417. The molecule has 6 nitrogen and oxygen atoms in total. The summed E-state index contributed by atoms with van der Waals surface area (Å²) in [4.78, 5) is 27.7. The number of hydrogen-bond acceptors (Lipinski definition) is 4. The Labute approximate surface area is 199 Å². The SMILES string of the molecule is CCC(C)NC(=O)C(CC)N(Cc1ccc(Cl)c(Cl)c1)C(=O)COc1ccc(OC)cc1. The summed E-state index contributed by atoms with van der Waals surface area (Å²) in [7, 11) is 1.58. The van der Waals surface area contributed by atoms with Gasteiger partial charge in [-0.1, -0.05) is 43.1 Å². The molecule has 0 fully saturated rings. The van der Waals surface area contributed by atoms with E-state index < -0.39 is 6.04 Å². The standard InChI is InChI=1S/C24H30Cl2N2O4/c1-5-16(3)27-24(30)22(6-2)28(14-17-7-12-20(25)21(26)13-17)23(29)15-32-19-10-8-18(31-4)9-11-19/h7-13,16,22H,5-6,14-15H2,1-4H3,(H,27,30). The number of methoxy groups -OCH3 is 1. The third kappa shape index (κ3) is 7.31. The van der Waals surface area contributed by atoms with Crippen LogP contribution >= 0.6 is 23.2 Å². The van der Waals surface area contributed by atoms with Crippen molar-refractivity contribution in [1.82, 2.24) is 10.2 Å². The molecule has 2 amide bonds. The fourth-order valence-corrected chi connectivity index (χ4v) is 3.42. The second kappa shape index (κ2) is 12.6. The largest absolute Gasteiger partial charge is 0.497 e. The van der Waals surface area contributed by atoms with E-state index in [0.717, 1.165) is 12.0 Å². The smallest absolute Gasteiger partial charge is 0.261 e. The van der Waals surface area contributed by atoms with Crippen LogP contribution < -0.4 is 14.8 Å². The van der Waals surface area contributed by atoms with Crippen molar-refractivity contribution in [2.45, 2.75) is 52.2 Å². The van der Waals surface area contributed by atoms with Gasteiger partial charge in [0.15, 0.2) is 6.61 Å². The molecule has 1 N–H and O–H groups in total.